The lowest BCUT2D eigenvalue weighted by atomic mass is 10.3. The van der Waals surface area contributed by atoms with Crippen LogP contribution < -0.4 is 15.2 Å². The van der Waals surface area contributed by atoms with E-state index >= 15 is 0 Å². The van der Waals surface area contributed by atoms with Crippen molar-refractivity contribution in [1.29, 1.82) is 0 Å². The zero-order chi connectivity index (χ0) is 12.1. The van der Waals surface area contributed by atoms with E-state index in [2.05, 4.69) is 4.98 Å². The van der Waals surface area contributed by atoms with Crippen molar-refractivity contribution >= 4 is 5.69 Å². The number of benzene rings is 1. The molecule has 4 heteroatoms. The molecule has 0 spiro atoms. The number of para-hydroxylation sites is 2. The fraction of sp³-hybridized carbons (Fsp3) is 0.154. The highest BCUT2D eigenvalue weighted by molar-refractivity contribution is 5.45. The van der Waals surface area contributed by atoms with Crippen LogP contribution in [0.5, 0.6) is 17.2 Å². The molecule has 1 aromatic heterocycles. The molecule has 0 radical (unpaired) electrons. The minimum Gasteiger partial charge on any atom is -0.490 e. The molecule has 2 aromatic rings. The fourth-order valence-electron chi connectivity index (χ4n) is 1.43. The Bertz CT molecular complexity index is 500. The molecule has 2 N–H and O–H groups in total. The van der Waals surface area contributed by atoms with Crippen LogP contribution in [0.1, 0.15) is 6.92 Å². The van der Waals surface area contributed by atoms with Gasteiger partial charge in [-0.1, -0.05) is 12.1 Å². The average Bonchev–Trinajstić information content (AvgIpc) is 2.32. The van der Waals surface area contributed by atoms with Gasteiger partial charge >= 0.3 is 0 Å². The number of hydrogen-bond donors (Lipinski definition) is 1. The van der Waals surface area contributed by atoms with Crippen molar-refractivity contribution < 1.29 is 9.47 Å². The Labute approximate surface area is 100 Å². The van der Waals surface area contributed by atoms with Crippen LogP contribution in [0, 0.1) is 0 Å². The van der Waals surface area contributed by atoms with Gasteiger partial charge < -0.3 is 15.2 Å². The van der Waals surface area contributed by atoms with Gasteiger partial charge in [-0.2, -0.15) is 0 Å². The molecule has 1 heterocycles. The Balaban J connectivity index is 2.23. The molecule has 0 saturated carbocycles. The van der Waals surface area contributed by atoms with Crippen molar-refractivity contribution in [1.82, 2.24) is 4.98 Å². The van der Waals surface area contributed by atoms with E-state index in [4.69, 9.17) is 15.2 Å². The van der Waals surface area contributed by atoms with Crippen LogP contribution in [0.2, 0.25) is 0 Å². The summed E-state index contributed by atoms with van der Waals surface area (Å²) in [4.78, 5) is 3.97. The summed E-state index contributed by atoms with van der Waals surface area (Å²) < 4.78 is 11.1. The molecule has 0 aliphatic carbocycles. The topological polar surface area (TPSA) is 57.4 Å². The molecular weight excluding hydrogens is 216 g/mol. The summed E-state index contributed by atoms with van der Waals surface area (Å²) in [6.45, 7) is 2.52. The van der Waals surface area contributed by atoms with Gasteiger partial charge in [-0.25, -0.2) is 0 Å². The van der Waals surface area contributed by atoms with Crippen molar-refractivity contribution in [3.05, 3.63) is 42.7 Å². The number of rotatable bonds is 4. The molecule has 0 aliphatic rings. The second-order valence-electron chi connectivity index (χ2n) is 3.44. The Morgan fingerprint density at radius 1 is 1.18 bits per heavy atom. The van der Waals surface area contributed by atoms with Gasteiger partial charge in [-0.05, 0) is 19.1 Å². The van der Waals surface area contributed by atoms with Gasteiger partial charge in [-0.15, -0.1) is 0 Å². The van der Waals surface area contributed by atoms with Gasteiger partial charge in [-0.3, -0.25) is 4.98 Å². The highest BCUT2D eigenvalue weighted by Crippen LogP contribution is 2.31. The first kappa shape index (κ1) is 11.3. The molecular formula is C13H14N2O2. The minimum absolute atomic E-state index is 0.566. The maximum absolute atomic E-state index is 5.68. The van der Waals surface area contributed by atoms with Gasteiger partial charge in [0.05, 0.1) is 24.7 Å². The number of hydrogen-bond acceptors (Lipinski definition) is 4. The van der Waals surface area contributed by atoms with E-state index in [-0.39, 0.29) is 0 Å². The Morgan fingerprint density at radius 3 is 2.65 bits per heavy atom. The summed E-state index contributed by atoms with van der Waals surface area (Å²) in [5, 5.41) is 0. The molecule has 0 amide bonds. The second kappa shape index (κ2) is 5.21. The van der Waals surface area contributed by atoms with E-state index in [1.807, 2.05) is 31.2 Å². The quantitative estimate of drug-likeness (QED) is 0.877. The first-order chi connectivity index (χ1) is 8.29. The normalized spacial score (nSPS) is 9.94. The standard InChI is InChI=1S/C13H14N2O2/c1-2-16-12-5-3-4-6-13(12)17-11-7-10(14)8-15-9-11/h3-9H,2,14H2,1H3. The van der Waals surface area contributed by atoms with Crippen LogP contribution in [0.4, 0.5) is 5.69 Å². The van der Waals surface area contributed by atoms with E-state index in [1.165, 1.54) is 0 Å². The van der Waals surface area contributed by atoms with E-state index < -0.39 is 0 Å². The minimum atomic E-state index is 0.566. The molecule has 2 rings (SSSR count). The molecule has 0 saturated heterocycles. The Kier molecular flexibility index (Phi) is 3.45. The number of nitrogen functional groups attached to an aromatic ring is 1. The third-order valence-electron chi connectivity index (χ3n) is 2.11. The monoisotopic (exact) mass is 230 g/mol. The molecule has 88 valence electrons. The van der Waals surface area contributed by atoms with Gasteiger partial charge in [0.1, 0.15) is 5.75 Å². The van der Waals surface area contributed by atoms with Crippen LogP contribution in [0.25, 0.3) is 0 Å². The largest absolute Gasteiger partial charge is 0.490 e. The third-order valence-corrected chi connectivity index (χ3v) is 2.11. The molecule has 0 unspecified atom stereocenters. The molecule has 0 aliphatic heterocycles. The lowest BCUT2D eigenvalue weighted by Gasteiger charge is -2.10. The smallest absolute Gasteiger partial charge is 0.169 e. The van der Waals surface area contributed by atoms with Crippen molar-refractivity contribution in [3.8, 4) is 17.2 Å². The number of nitrogens with two attached hydrogens (primary N) is 1. The molecule has 0 fully saturated rings. The maximum Gasteiger partial charge on any atom is 0.169 e. The van der Waals surface area contributed by atoms with Gasteiger partial charge in [0.25, 0.3) is 0 Å². The highest BCUT2D eigenvalue weighted by Gasteiger charge is 2.05. The van der Waals surface area contributed by atoms with Crippen LogP contribution >= 0.6 is 0 Å². The lowest BCUT2D eigenvalue weighted by molar-refractivity contribution is 0.321. The maximum atomic E-state index is 5.68. The second-order valence-corrected chi connectivity index (χ2v) is 3.44. The van der Waals surface area contributed by atoms with Crippen LogP contribution in [0.3, 0.4) is 0 Å². The predicted molar refractivity (Wildman–Crippen MR) is 66.3 cm³/mol. The van der Waals surface area contributed by atoms with Gasteiger partial charge in [0.2, 0.25) is 0 Å². The predicted octanol–water partition coefficient (Wildman–Crippen LogP) is 2.85. The van der Waals surface area contributed by atoms with Crippen LogP contribution in [0.15, 0.2) is 42.7 Å². The van der Waals surface area contributed by atoms with Gasteiger partial charge in [0.15, 0.2) is 11.5 Å². The molecule has 0 atom stereocenters. The van der Waals surface area contributed by atoms with Crippen molar-refractivity contribution in [3.63, 3.8) is 0 Å². The van der Waals surface area contributed by atoms with Crippen molar-refractivity contribution in [2.45, 2.75) is 6.92 Å². The Hall–Kier alpha value is -2.23. The lowest BCUT2D eigenvalue weighted by Crippen LogP contribution is -1.95. The fourth-order valence-corrected chi connectivity index (χ4v) is 1.43. The number of ether oxygens (including phenoxy) is 2. The van der Waals surface area contributed by atoms with E-state index in [0.29, 0.717) is 29.5 Å². The third kappa shape index (κ3) is 2.87. The first-order valence-corrected chi connectivity index (χ1v) is 5.40. The van der Waals surface area contributed by atoms with E-state index in [1.54, 1.807) is 18.5 Å². The first-order valence-electron chi connectivity index (χ1n) is 5.40. The summed E-state index contributed by atoms with van der Waals surface area (Å²) in [6.07, 6.45) is 3.18. The van der Waals surface area contributed by atoms with Crippen molar-refractivity contribution in [2.24, 2.45) is 0 Å². The molecule has 17 heavy (non-hydrogen) atoms. The molecule has 4 nitrogen and oxygen atoms in total. The van der Waals surface area contributed by atoms with Crippen LogP contribution in [-0.2, 0) is 0 Å². The zero-order valence-corrected chi connectivity index (χ0v) is 9.59. The van der Waals surface area contributed by atoms with Crippen LogP contribution in [-0.4, -0.2) is 11.6 Å². The number of nitrogens with zero attached hydrogens (tertiary/aromatic N) is 1. The molecule has 1 aromatic carbocycles. The number of aromatic nitrogens is 1. The number of anilines is 1. The summed E-state index contributed by atoms with van der Waals surface area (Å²) in [5.41, 5.74) is 6.20. The highest BCUT2D eigenvalue weighted by atomic mass is 16.5. The zero-order valence-electron chi connectivity index (χ0n) is 9.59. The summed E-state index contributed by atoms with van der Waals surface area (Å²) >= 11 is 0. The number of pyridine rings is 1. The van der Waals surface area contributed by atoms with E-state index in [9.17, 15) is 0 Å². The SMILES string of the molecule is CCOc1ccccc1Oc1cncc(N)c1. The average molecular weight is 230 g/mol. The molecule has 0 bridgehead atoms. The van der Waals surface area contributed by atoms with Crippen molar-refractivity contribution in [2.75, 3.05) is 12.3 Å². The summed E-state index contributed by atoms with van der Waals surface area (Å²) in [6, 6.07) is 9.20. The summed E-state index contributed by atoms with van der Waals surface area (Å²) in [7, 11) is 0. The Morgan fingerprint density at radius 2 is 1.94 bits per heavy atom. The summed E-state index contributed by atoms with van der Waals surface area (Å²) in [5.74, 6) is 1.95. The van der Waals surface area contributed by atoms with Gasteiger partial charge in [0, 0.05) is 6.07 Å². The van der Waals surface area contributed by atoms with E-state index in [0.717, 1.165) is 0 Å².